The van der Waals surface area contributed by atoms with Crippen molar-refractivity contribution < 1.29 is 4.42 Å². The minimum absolute atomic E-state index is 0.0520. The van der Waals surface area contributed by atoms with Crippen LogP contribution in [0.25, 0.3) is 0 Å². The second-order valence-corrected chi connectivity index (χ2v) is 9.51. The third kappa shape index (κ3) is 5.42. The van der Waals surface area contributed by atoms with Crippen LogP contribution in [0.2, 0.25) is 0 Å². The van der Waals surface area contributed by atoms with Crippen LogP contribution in [0, 0.1) is 0 Å². The van der Waals surface area contributed by atoms with Crippen molar-refractivity contribution in [1.82, 2.24) is 24.7 Å². The van der Waals surface area contributed by atoms with Gasteiger partial charge in [0, 0.05) is 71.0 Å². The summed E-state index contributed by atoms with van der Waals surface area (Å²) in [5.41, 5.74) is 0.830. The van der Waals surface area contributed by atoms with Crippen molar-refractivity contribution in [3.05, 3.63) is 46.3 Å². The van der Waals surface area contributed by atoms with Gasteiger partial charge in [-0.2, -0.15) is 0 Å². The van der Waals surface area contributed by atoms with E-state index in [0.717, 1.165) is 82.9 Å². The zero-order valence-corrected chi connectivity index (χ0v) is 19.0. The van der Waals surface area contributed by atoms with Crippen LogP contribution < -0.4 is 10.5 Å². The maximum absolute atomic E-state index is 12.4. The second-order valence-electron chi connectivity index (χ2n) is 9.51. The van der Waals surface area contributed by atoms with Gasteiger partial charge in [-0.15, -0.1) is 0 Å². The lowest BCUT2D eigenvalue weighted by atomic mass is 9.94. The summed E-state index contributed by atoms with van der Waals surface area (Å²) in [7, 11) is 0. The van der Waals surface area contributed by atoms with Crippen LogP contribution in [-0.2, 0) is 13.1 Å². The van der Waals surface area contributed by atoms with Crippen LogP contribution >= 0.6 is 0 Å². The number of piperazine rings is 2. The topological polar surface area (TPSA) is 71.9 Å². The van der Waals surface area contributed by atoms with Gasteiger partial charge in [0.2, 0.25) is 5.95 Å². The average molecular weight is 441 g/mol. The number of aromatic nitrogens is 2. The van der Waals surface area contributed by atoms with E-state index >= 15 is 0 Å². The molecule has 1 saturated carbocycles. The summed E-state index contributed by atoms with van der Waals surface area (Å²) < 4.78 is 5.47. The van der Waals surface area contributed by atoms with Crippen molar-refractivity contribution in [2.75, 3.05) is 57.3 Å². The first-order chi connectivity index (χ1) is 15.7. The number of aromatic amines is 1. The van der Waals surface area contributed by atoms with Gasteiger partial charge < -0.3 is 9.32 Å². The fraction of sp³-hybridized carbons (Fsp3) is 0.667. The smallest absolute Gasteiger partial charge is 0.252 e. The number of nitrogens with one attached hydrogen (secondary N) is 1. The van der Waals surface area contributed by atoms with Gasteiger partial charge in [-0.3, -0.25) is 24.5 Å². The molecule has 1 aliphatic carbocycles. The Morgan fingerprint density at radius 3 is 2.38 bits per heavy atom. The number of furan rings is 1. The van der Waals surface area contributed by atoms with E-state index < -0.39 is 0 Å². The molecule has 3 fully saturated rings. The Kier molecular flexibility index (Phi) is 6.90. The van der Waals surface area contributed by atoms with Crippen molar-refractivity contribution in [3.63, 3.8) is 0 Å². The van der Waals surface area contributed by atoms with Gasteiger partial charge in [0.1, 0.15) is 5.76 Å². The number of hydrogen-bond acceptors (Lipinski definition) is 7. The van der Waals surface area contributed by atoms with E-state index in [-0.39, 0.29) is 5.56 Å². The first kappa shape index (κ1) is 21.7. The molecule has 2 aromatic rings. The number of rotatable bonds is 6. The molecule has 5 rings (SSSR count). The van der Waals surface area contributed by atoms with E-state index in [1.54, 1.807) is 12.3 Å². The molecule has 0 atom stereocenters. The highest BCUT2D eigenvalue weighted by Gasteiger charge is 2.26. The third-order valence-corrected chi connectivity index (χ3v) is 7.30. The Balaban J connectivity index is 1.14. The van der Waals surface area contributed by atoms with Crippen LogP contribution in [-0.4, -0.2) is 83.1 Å². The van der Waals surface area contributed by atoms with Gasteiger partial charge in [-0.05, 0) is 25.0 Å². The van der Waals surface area contributed by atoms with E-state index in [1.807, 2.05) is 12.1 Å². The molecule has 174 valence electrons. The van der Waals surface area contributed by atoms with Crippen molar-refractivity contribution in [1.29, 1.82) is 0 Å². The van der Waals surface area contributed by atoms with Gasteiger partial charge in [0.05, 0.1) is 18.5 Å². The fourth-order valence-corrected chi connectivity index (χ4v) is 5.43. The minimum atomic E-state index is -0.0520. The molecular weight excluding hydrogens is 404 g/mol. The summed E-state index contributed by atoms with van der Waals surface area (Å²) in [5.74, 6) is 1.71. The zero-order valence-electron chi connectivity index (χ0n) is 19.0. The van der Waals surface area contributed by atoms with E-state index in [9.17, 15) is 4.79 Å². The van der Waals surface area contributed by atoms with Gasteiger partial charge in [-0.25, -0.2) is 4.98 Å². The van der Waals surface area contributed by atoms with Gasteiger partial charge in [0.25, 0.3) is 5.56 Å². The van der Waals surface area contributed by atoms with Gasteiger partial charge in [-0.1, -0.05) is 19.3 Å². The normalized spacial score (nSPS) is 22.4. The highest BCUT2D eigenvalue weighted by atomic mass is 16.3. The lowest BCUT2D eigenvalue weighted by Crippen LogP contribution is -2.50. The predicted octanol–water partition coefficient (Wildman–Crippen LogP) is 2.14. The van der Waals surface area contributed by atoms with Crippen molar-refractivity contribution in [3.8, 4) is 0 Å². The minimum Gasteiger partial charge on any atom is -0.468 e. The Hall–Kier alpha value is -2.16. The quantitative estimate of drug-likeness (QED) is 0.738. The first-order valence-electron chi connectivity index (χ1n) is 12.3. The Morgan fingerprint density at radius 2 is 1.66 bits per heavy atom. The molecule has 32 heavy (non-hydrogen) atoms. The summed E-state index contributed by atoms with van der Waals surface area (Å²) in [5, 5.41) is 0. The van der Waals surface area contributed by atoms with Crippen molar-refractivity contribution in [2.24, 2.45) is 0 Å². The molecular formula is C24H36N6O2. The molecule has 0 radical (unpaired) electrons. The zero-order chi connectivity index (χ0) is 21.8. The number of hydrogen-bond donors (Lipinski definition) is 1. The maximum atomic E-state index is 12.4. The summed E-state index contributed by atoms with van der Waals surface area (Å²) in [6.07, 6.45) is 8.65. The molecule has 4 heterocycles. The Labute approximate surface area is 190 Å². The van der Waals surface area contributed by atoms with Gasteiger partial charge in [0.15, 0.2) is 0 Å². The monoisotopic (exact) mass is 440 g/mol. The molecule has 2 aromatic heterocycles. The number of anilines is 1. The fourth-order valence-electron chi connectivity index (χ4n) is 5.43. The summed E-state index contributed by atoms with van der Waals surface area (Å²) in [6.45, 7) is 9.55. The van der Waals surface area contributed by atoms with E-state index in [1.165, 1.54) is 32.1 Å². The van der Waals surface area contributed by atoms with E-state index in [0.29, 0.717) is 5.95 Å². The molecule has 2 aliphatic heterocycles. The number of H-pyrrole nitrogens is 1. The summed E-state index contributed by atoms with van der Waals surface area (Å²) in [4.78, 5) is 29.9. The molecule has 2 saturated heterocycles. The molecule has 8 nitrogen and oxygen atoms in total. The van der Waals surface area contributed by atoms with E-state index in [2.05, 4.69) is 24.6 Å². The largest absolute Gasteiger partial charge is 0.468 e. The Morgan fingerprint density at radius 1 is 0.938 bits per heavy atom. The molecule has 0 amide bonds. The molecule has 8 heteroatoms. The Bertz CT molecular complexity index is 891. The number of nitrogens with zero attached hydrogens (tertiary/aromatic N) is 5. The summed E-state index contributed by atoms with van der Waals surface area (Å²) >= 11 is 0. The highest BCUT2D eigenvalue weighted by Crippen LogP contribution is 2.23. The van der Waals surface area contributed by atoms with Crippen LogP contribution in [0.4, 0.5) is 5.95 Å². The van der Waals surface area contributed by atoms with Gasteiger partial charge >= 0.3 is 0 Å². The molecule has 1 N–H and O–H groups in total. The van der Waals surface area contributed by atoms with Crippen LogP contribution in [0.1, 0.15) is 43.6 Å². The molecule has 0 unspecified atom stereocenters. The van der Waals surface area contributed by atoms with E-state index in [4.69, 9.17) is 9.40 Å². The van der Waals surface area contributed by atoms with Crippen molar-refractivity contribution in [2.45, 2.75) is 51.2 Å². The third-order valence-electron chi connectivity index (χ3n) is 7.30. The summed E-state index contributed by atoms with van der Waals surface area (Å²) in [6, 6.07) is 6.41. The maximum Gasteiger partial charge on any atom is 0.252 e. The van der Waals surface area contributed by atoms with Crippen molar-refractivity contribution >= 4 is 5.95 Å². The second kappa shape index (κ2) is 10.2. The molecule has 0 aromatic carbocycles. The SMILES string of the molecule is O=c1cc(CN2CCN(C3CCCCC3)CC2)nc(N2CCN(Cc3ccco3)CC2)[nH]1. The molecule has 3 aliphatic rings. The average Bonchev–Trinajstić information content (AvgIpc) is 3.33. The lowest BCUT2D eigenvalue weighted by Gasteiger charge is -2.40. The standard InChI is InChI=1S/C24H36N6O2/c31-23-17-20(18-27-8-12-29(13-9-27)21-5-2-1-3-6-21)25-24(26-23)30-14-10-28(11-15-30)19-22-7-4-16-32-22/h4,7,16-17,21H,1-3,5-6,8-15,18-19H2,(H,25,26,31). The van der Waals surface area contributed by atoms with Crippen LogP contribution in [0.3, 0.4) is 0 Å². The predicted molar refractivity (Wildman–Crippen MR) is 125 cm³/mol. The lowest BCUT2D eigenvalue weighted by molar-refractivity contribution is 0.0749. The highest BCUT2D eigenvalue weighted by molar-refractivity contribution is 5.31. The van der Waals surface area contributed by atoms with Crippen LogP contribution in [0.5, 0.6) is 0 Å². The molecule has 0 bridgehead atoms. The molecule has 0 spiro atoms. The van der Waals surface area contributed by atoms with Crippen LogP contribution in [0.15, 0.2) is 33.7 Å². The first-order valence-corrected chi connectivity index (χ1v) is 12.3.